The van der Waals surface area contributed by atoms with Gasteiger partial charge in [0.25, 0.3) is 0 Å². The summed E-state index contributed by atoms with van der Waals surface area (Å²) in [6.07, 6.45) is 0. The Bertz CT molecular complexity index is 821. The lowest BCUT2D eigenvalue weighted by atomic mass is 10.1. The number of nitrogens with zero attached hydrogens (tertiary/aromatic N) is 1. The molecule has 0 atom stereocenters. The third-order valence-corrected chi connectivity index (χ3v) is 3.50. The molecule has 0 aliphatic rings. The molecule has 0 aromatic heterocycles. The van der Waals surface area contributed by atoms with Crippen molar-refractivity contribution in [3.8, 4) is 17.6 Å². The average Bonchev–Trinajstić information content (AvgIpc) is 2.48. The Hall–Kier alpha value is -2.31. The highest BCUT2D eigenvalue weighted by Gasteiger charge is 2.04. The Balaban J connectivity index is 1.99. The van der Waals surface area contributed by atoms with Crippen molar-refractivity contribution in [2.45, 2.75) is 0 Å². The van der Waals surface area contributed by atoms with Crippen molar-refractivity contribution < 1.29 is 4.74 Å². The first kappa shape index (κ1) is 12.7. The van der Waals surface area contributed by atoms with Gasteiger partial charge in [-0.25, -0.2) is 0 Å². The fourth-order valence-corrected chi connectivity index (χ4v) is 2.41. The molecule has 0 heterocycles. The van der Waals surface area contributed by atoms with Gasteiger partial charge in [-0.15, -0.1) is 0 Å². The highest BCUT2D eigenvalue weighted by molar-refractivity contribution is 9.10. The number of fused-ring (bicyclic) bond motifs is 1. The van der Waals surface area contributed by atoms with Crippen LogP contribution in [0, 0.1) is 11.3 Å². The van der Waals surface area contributed by atoms with Gasteiger partial charge in [0.05, 0.1) is 5.56 Å². The van der Waals surface area contributed by atoms with Crippen molar-refractivity contribution in [2.75, 3.05) is 0 Å². The zero-order valence-electron chi connectivity index (χ0n) is 10.5. The fourth-order valence-electron chi connectivity index (χ4n) is 2.03. The van der Waals surface area contributed by atoms with Crippen molar-refractivity contribution in [1.29, 1.82) is 5.26 Å². The van der Waals surface area contributed by atoms with Gasteiger partial charge in [0.1, 0.15) is 17.6 Å². The van der Waals surface area contributed by atoms with E-state index in [0.717, 1.165) is 21.0 Å². The lowest BCUT2D eigenvalue weighted by molar-refractivity contribution is 0.482. The molecule has 3 aromatic carbocycles. The fraction of sp³-hybridized carbons (Fsp3) is 0. The predicted octanol–water partition coefficient (Wildman–Crippen LogP) is 5.27. The van der Waals surface area contributed by atoms with Crippen LogP contribution in [0.25, 0.3) is 10.8 Å². The topological polar surface area (TPSA) is 33.0 Å². The SMILES string of the molecule is N#Cc1ccccc1Oc1ccc2cc(Br)ccc2c1. The van der Waals surface area contributed by atoms with E-state index < -0.39 is 0 Å². The molecule has 0 aliphatic carbocycles. The second kappa shape index (κ2) is 5.36. The van der Waals surface area contributed by atoms with Crippen LogP contribution in [0.15, 0.2) is 65.1 Å². The largest absolute Gasteiger partial charge is 0.456 e. The maximum atomic E-state index is 9.06. The van der Waals surface area contributed by atoms with E-state index in [0.29, 0.717) is 11.3 Å². The minimum Gasteiger partial charge on any atom is -0.456 e. The van der Waals surface area contributed by atoms with Crippen LogP contribution >= 0.6 is 15.9 Å². The Labute approximate surface area is 125 Å². The molecule has 0 unspecified atom stereocenters. The molecule has 2 nitrogen and oxygen atoms in total. The monoisotopic (exact) mass is 323 g/mol. The van der Waals surface area contributed by atoms with Crippen molar-refractivity contribution in [3.63, 3.8) is 0 Å². The van der Waals surface area contributed by atoms with Crippen LogP contribution in [0.2, 0.25) is 0 Å². The van der Waals surface area contributed by atoms with E-state index in [9.17, 15) is 0 Å². The normalized spacial score (nSPS) is 10.2. The number of para-hydroxylation sites is 1. The highest BCUT2D eigenvalue weighted by atomic mass is 79.9. The molecule has 0 spiro atoms. The lowest BCUT2D eigenvalue weighted by Crippen LogP contribution is -1.87. The Morgan fingerprint density at radius 2 is 1.65 bits per heavy atom. The molecule has 0 saturated heterocycles. The first-order chi connectivity index (χ1) is 9.76. The molecule has 0 N–H and O–H groups in total. The number of halogens is 1. The van der Waals surface area contributed by atoms with Gasteiger partial charge in [-0.1, -0.05) is 40.2 Å². The minimum atomic E-state index is 0.531. The summed E-state index contributed by atoms with van der Waals surface area (Å²) in [7, 11) is 0. The van der Waals surface area contributed by atoms with Crippen LogP contribution in [0.1, 0.15) is 5.56 Å². The molecular weight excluding hydrogens is 314 g/mol. The summed E-state index contributed by atoms with van der Waals surface area (Å²) >= 11 is 3.46. The lowest BCUT2D eigenvalue weighted by Gasteiger charge is -2.08. The number of rotatable bonds is 2. The van der Waals surface area contributed by atoms with Crippen LogP contribution in [0.5, 0.6) is 11.5 Å². The quantitative estimate of drug-likeness (QED) is 0.643. The molecule has 0 saturated carbocycles. The summed E-state index contributed by atoms with van der Waals surface area (Å²) in [5, 5.41) is 11.3. The molecule has 0 amide bonds. The van der Waals surface area contributed by atoms with Crippen molar-refractivity contribution >= 4 is 26.7 Å². The second-order valence-electron chi connectivity index (χ2n) is 4.36. The third-order valence-electron chi connectivity index (χ3n) is 3.01. The Morgan fingerprint density at radius 1 is 0.900 bits per heavy atom. The molecule has 0 aliphatic heterocycles. The standard InChI is InChI=1S/C17H10BrNO/c18-15-7-5-13-10-16(8-6-12(13)9-15)20-17-4-2-1-3-14(17)11-19/h1-10H. The van der Waals surface area contributed by atoms with Crippen LogP contribution in [-0.4, -0.2) is 0 Å². The Morgan fingerprint density at radius 3 is 2.50 bits per heavy atom. The molecule has 3 heteroatoms. The van der Waals surface area contributed by atoms with Gasteiger partial charge in [-0.05, 0) is 47.2 Å². The summed E-state index contributed by atoms with van der Waals surface area (Å²) < 4.78 is 6.85. The number of hydrogen-bond acceptors (Lipinski definition) is 2. The number of nitriles is 1. The van der Waals surface area contributed by atoms with Gasteiger partial charge in [-0.2, -0.15) is 5.26 Å². The maximum absolute atomic E-state index is 9.06. The molecule has 20 heavy (non-hydrogen) atoms. The summed E-state index contributed by atoms with van der Waals surface area (Å²) in [6, 6.07) is 21.3. The zero-order chi connectivity index (χ0) is 13.9. The molecular formula is C17H10BrNO. The van der Waals surface area contributed by atoms with E-state index >= 15 is 0 Å². The zero-order valence-corrected chi connectivity index (χ0v) is 12.1. The number of ether oxygens (including phenoxy) is 1. The van der Waals surface area contributed by atoms with Crippen LogP contribution in [0.3, 0.4) is 0 Å². The molecule has 3 rings (SSSR count). The van der Waals surface area contributed by atoms with Crippen LogP contribution < -0.4 is 4.74 Å². The van der Waals surface area contributed by atoms with Crippen LogP contribution in [0.4, 0.5) is 0 Å². The summed E-state index contributed by atoms with van der Waals surface area (Å²) in [4.78, 5) is 0. The van der Waals surface area contributed by atoms with E-state index in [4.69, 9.17) is 10.00 Å². The van der Waals surface area contributed by atoms with Gasteiger partial charge in [0, 0.05) is 4.47 Å². The first-order valence-electron chi connectivity index (χ1n) is 6.12. The molecule has 3 aromatic rings. The maximum Gasteiger partial charge on any atom is 0.145 e. The molecule has 0 radical (unpaired) electrons. The molecule has 0 fully saturated rings. The summed E-state index contributed by atoms with van der Waals surface area (Å²) in [5.41, 5.74) is 0.531. The van der Waals surface area contributed by atoms with E-state index in [2.05, 4.69) is 28.1 Å². The number of benzene rings is 3. The van der Waals surface area contributed by atoms with E-state index in [1.54, 1.807) is 12.1 Å². The van der Waals surface area contributed by atoms with E-state index in [-0.39, 0.29) is 0 Å². The van der Waals surface area contributed by atoms with Gasteiger partial charge in [-0.3, -0.25) is 0 Å². The summed E-state index contributed by atoms with van der Waals surface area (Å²) in [6.45, 7) is 0. The van der Waals surface area contributed by atoms with Gasteiger partial charge in [0.15, 0.2) is 0 Å². The van der Waals surface area contributed by atoms with Gasteiger partial charge < -0.3 is 4.74 Å². The van der Waals surface area contributed by atoms with Gasteiger partial charge >= 0.3 is 0 Å². The molecule has 96 valence electrons. The van der Waals surface area contributed by atoms with Crippen molar-refractivity contribution in [1.82, 2.24) is 0 Å². The van der Waals surface area contributed by atoms with E-state index in [1.807, 2.05) is 42.5 Å². The number of hydrogen-bond donors (Lipinski definition) is 0. The highest BCUT2D eigenvalue weighted by Crippen LogP contribution is 2.28. The van der Waals surface area contributed by atoms with Crippen molar-refractivity contribution in [2.24, 2.45) is 0 Å². The Kier molecular flexibility index (Phi) is 3.41. The predicted molar refractivity (Wildman–Crippen MR) is 82.9 cm³/mol. The second-order valence-corrected chi connectivity index (χ2v) is 5.28. The average molecular weight is 324 g/mol. The first-order valence-corrected chi connectivity index (χ1v) is 6.92. The van der Waals surface area contributed by atoms with Crippen molar-refractivity contribution in [3.05, 3.63) is 70.7 Å². The van der Waals surface area contributed by atoms with Crippen LogP contribution in [-0.2, 0) is 0 Å². The minimum absolute atomic E-state index is 0.531. The third kappa shape index (κ3) is 2.52. The van der Waals surface area contributed by atoms with Gasteiger partial charge in [0.2, 0.25) is 0 Å². The van der Waals surface area contributed by atoms with E-state index in [1.165, 1.54) is 0 Å². The molecule has 0 bridgehead atoms. The smallest absolute Gasteiger partial charge is 0.145 e. The summed E-state index contributed by atoms with van der Waals surface area (Å²) in [5.74, 6) is 1.30.